The lowest BCUT2D eigenvalue weighted by atomic mass is 9.87. The molecule has 11 heteroatoms. The number of anilines is 1. The Bertz CT molecular complexity index is 1120. The zero-order valence-electron chi connectivity index (χ0n) is 18.8. The molecule has 0 fully saturated rings. The van der Waals surface area contributed by atoms with Crippen LogP contribution < -0.4 is 15.9 Å². The Balaban J connectivity index is 1.56. The van der Waals surface area contributed by atoms with Crippen molar-refractivity contribution in [1.82, 2.24) is 14.9 Å². The van der Waals surface area contributed by atoms with Gasteiger partial charge in [0.05, 0.1) is 10.2 Å². The number of nitro benzene ring substituents is 1. The standard InChI is InChI=1S/C22H26N6O4S/c1-14(20(29)24-16-7-9-17(10-8-16)28(30)31)33-21-26-25-19(27(21)23)13-32-18-11-5-15(6-12-18)22(2,3)4/h5-12,14H,13,23H2,1-4H3,(H,24,29). The van der Waals surface area contributed by atoms with E-state index in [0.717, 1.165) is 11.8 Å². The van der Waals surface area contributed by atoms with Gasteiger partial charge in [0, 0.05) is 17.8 Å². The molecule has 0 aliphatic heterocycles. The summed E-state index contributed by atoms with van der Waals surface area (Å²) in [6, 6.07) is 13.4. The molecule has 0 aliphatic rings. The summed E-state index contributed by atoms with van der Waals surface area (Å²) in [7, 11) is 0. The summed E-state index contributed by atoms with van der Waals surface area (Å²) in [5, 5.41) is 21.4. The lowest BCUT2D eigenvalue weighted by molar-refractivity contribution is -0.384. The number of carbonyl (C=O) groups is 1. The third-order valence-electron chi connectivity index (χ3n) is 4.82. The SMILES string of the molecule is CC(Sc1nnc(COc2ccc(C(C)(C)C)cc2)n1N)C(=O)Nc1ccc([N+](=O)[O-])cc1. The van der Waals surface area contributed by atoms with E-state index in [0.29, 0.717) is 22.4 Å². The first kappa shape index (κ1) is 24.1. The smallest absolute Gasteiger partial charge is 0.269 e. The van der Waals surface area contributed by atoms with Crippen molar-refractivity contribution in [2.24, 2.45) is 0 Å². The number of benzene rings is 2. The normalized spacial score (nSPS) is 12.2. The Labute approximate surface area is 195 Å². The molecule has 0 saturated carbocycles. The van der Waals surface area contributed by atoms with Gasteiger partial charge in [0.1, 0.15) is 12.4 Å². The Kier molecular flexibility index (Phi) is 7.22. The van der Waals surface area contributed by atoms with Crippen molar-refractivity contribution < 1.29 is 14.5 Å². The molecular weight excluding hydrogens is 444 g/mol. The first-order valence-electron chi connectivity index (χ1n) is 10.2. The molecule has 3 aromatic rings. The molecule has 1 unspecified atom stereocenters. The zero-order chi connectivity index (χ0) is 24.2. The number of aromatic nitrogens is 3. The molecule has 33 heavy (non-hydrogen) atoms. The molecule has 1 atom stereocenters. The molecule has 10 nitrogen and oxygen atoms in total. The van der Waals surface area contributed by atoms with Crippen LogP contribution in [-0.2, 0) is 16.8 Å². The molecule has 174 valence electrons. The van der Waals surface area contributed by atoms with E-state index < -0.39 is 10.2 Å². The number of rotatable bonds is 8. The highest BCUT2D eigenvalue weighted by Crippen LogP contribution is 2.25. The van der Waals surface area contributed by atoms with Gasteiger partial charge in [-0.25, -0.2) is 4.68 Å². The van der Waals surface area contributed by atoms with E-state index in [1.165, 1.54) is 34.5 Å². The van der Waals surface area contributed by atoms with Crippen molar-refractivity contribution in [2.75, 3.05) is 11.2 Å². The van der Waals surface area contributed by atoms with Crippen LogP contribution in [0.2, 0.25) is 0 Å². The van der Waals surface area contributed by atoms with Crippen molar-refractivity contribution in [3.8, 4) is 5.75 Å². The van der Waals surface area contributed by atoms with Crippen LogP contribution in [0.15, 0.2) is 53.7 Å². The fourth-order valence-electron chi connectivity index (χ4n) is 2.81. The highest BCUT2D eigenvalue weighted by Gasteiger charge is 2.20. The average Bonchev–Trinajstić information content (AvgIpc) is 3.11. The minimum Gasteiger partial charge on any atom is -0.486 e. The van der Waals surface area contributed by atoms with Crippen LogP contribution in [0.5, 0.6) is 5.75 Å². The van der Waals surface area contributed by atoms with E-state index in [9.17, 15) is 14.9 Å². The minimum atomic E-state index is -0.537. The van der Waals surface area contributed by atoms with Gasteiger partial charge in [-0.05, 0) is 42.2 Å². The highest BCUT2D eigenvalue weighted by molar-refractivity contribution is 8.00. The molecule has 0 bridgehead atoms. The van der Waals surface area contributed by atoms with Gasteiger partial charge in [-0.1, -0.05) is 44.7 Å². The van der Waals surface area contributed by atoms with Crippen molar-refractivity contribution in [3.05, 3.63) is 70.0 Å². The van der Waals surface area contributed by atoms with Gasteiger partial charge in [-0.15, -0.1) is 10.2 Å². The summed E-state index contributed by atoms with van der Waals surface area (Å²) in [5.41, 5.74) is 1.67. The number of nitrogens with two attached hydrogens (primary N) is 1. The second-order valence-electron chi connectivity index (χ2n) is 8.39. The maximum Gasteiger partial charge on any atom is 0.269 e. The number of nitrogens with zero attached hydrogens (tertiary/aromatic N) is 4. The molecule has 0 saturated heterocycles. The maximum atomic E-state index is 12.5. The summed E-state index contributed by atoms with van der Waals surface area (Å²) in [5.74, 6) is 6.90. The van der Waals surface area contributed by atoms with Crippen molar-refractivity contribution in [2.45, 2.75) is 50.1 Å². The van der Waals surface area contributed by atoms with E-state index in [2.05, 4.69) is 36.3 Å². The number of hydrogen-bond donors (Lipinski definition) is 2. The van der Waals surface area contributed by atoms with Crippen LogP contribution in [0.1, 0.15) is 39.1 Å². The third kappa shape index (κ3) is 6.22. The van der Waals surface area contributed by atoms with Gasteiger partial charge in [0.2, 0.25) is 11.1 Å². The van der Waals surface area contributed by atoms with E-state index >= 15 is 0 Å². The molecule has 0 aliphatic carbocycles. The molecule has 0 spiro atoms. The van der Waals surface area contributed by atoms with Crippen LogP contribution in [0.4, 0.5) is 11.4 Å². The van der Waals surface area contributed by atoms with Gasteiger partial charge in [0.15, 0.2) is 5.82 Å². The number of nitro groups is 1. The molecule has 1 amide bonds. The summed E-state index contributed by atoms with van der Waals surface area (Å²) < 4.78 is 7.07. The van der Waals surface area contributed by atoms with Crippen molar-refractivity contribution >= 4 is 29.0 Å². The van der Waals surface area contributed by atoms with Gasteiger partial charge in [0.25, 0.3) is 5.69 Å². The average molecular weight is 471 g/mol. The van der Waals surface area contributed by atoms with Crippen LogP contribution in [-0.4, -0.2) is 31.0 Å². The first-order chi connectivity index (χ1) is 15.5. The molecule has 1 aromatic heterocycles. The number of hydrogen-bond acceptors (Lipinski definition) is 8. The second kappa shape index (κ2) is 9.90. The molecule has 3 rings (SSSR count). The molecule has 2 aromatic carbocycles. The largest absolute Gasteiger partial charge is 0.486 e. The van der Waals surface area contributed by atoms with Crippen LogP contribution in [0.3, 0.4) is 0 Å². The Morgan fingerprint density at radius 1 is 1.18 bits per heavy atom. The fraction of sp³-hybridized carbons (Fsp3) is 0.318. The minimum absolute atomic E-state index is 0.0495. The topological polar surface area (TPSA) is 138 Å². The number of thioether (sulfide) groups is 1. The van der Waals surface area contributed by atoms with Crippen molar-refractivity contribution in [1.29, 1.82) is 0 Å². The van der Waals surface area contributed by atoms with E-state index in [1.54, 1.807) is 6.92 Å². The molecule has 1 heterocycles. The lowest BCUT2D eigenvalue weighted by Gasteiger charge is -2.19. The highest BCUT2D eigenvalue weighted by atomic mass is 32.2. The number of non-ortho nitro benzene ring substituents is 1. The van der Waals surface area contributed by atoms with Crippen molar-refractivity contribution in [3.63, 3.8) is 0 Å². The Morgan fingerprint density at radius 3 is 2.39 bits per heavy atom. The van der Waals surface area contributed by atoms with Crippen LogP contribution >= 0.6 is 11.8 Å². The number of ether oxygens (including phenoxy) is 1. The second-order valence-corrected chi connectivity index (χ2v) is 9.69. The molecule has 0 radical (unpaired) electrons. The lowest BCUT2D eigenvalue weighted by Crippen LogP contribution is -2.24. The van der Waals surface area contributed by atoms with Crippen LogP contribution in [0, 0.1) is 10.1 Å². The van der Waals surface area contributed by atoms with Gasteiger partial charge >= 0.3 is 0 Å². The summed E-state index contributed by atoms with van der Waals surface area (Å²) in [6.07, 6.45) is 0. The maximum absolute atomic E-state index is 12.5. The van der Waals surface area contributed by atoms with E-state index in [1.807, 2.05) is 24.3 Å². The van der Waals surface area contributed by atoms with Gasteiger partial charge in [-0.3, -0.25) is 14.9 Å². The molecular formula is C22H26N6O4S. The molecule has 3 N–H and O–H groups in total. The number of nitrogens with one attached hydrogen (secondary N) is 1. The number of amides is 1. The first-order valence-corrected chi connectivity index (χ1v) is 11.1. The third-order valence-corrected chi connectivity index (χ3v) is 5.88. The zero-order valence-corrected chi connectivity index (χ0v) is 19.6. The van der Waals surface area contributed by atoms with Crippen LogP contribution in [0.25, 0.3) is 0 Å². The Morgan fingerprint density at radius 2 is 1.82 bits per heavy atom. The summed E-state index contributed by atoms with van der Waals surface area (Å²) in [6.45, 7) is 8.26. The quantitative estimate of drug-likeness (QED) is 0.219. The van der Waals surface area contributed by atoms with Gasteiger partial charge < -0.3 is 15.9 Å². The fourth-order valence-corrected chi connectivity index (χ4v) is 3.60. The number of carbonyl (C=O) groups excluding carboxylic acids is 1. The van der Waals surface area contributed by atoms with Gasteiger partial charge in [-0.2, -0.15) is 0 Å². The predicted molar refractivity (Wildman–Crippen MR) is 127 cm³/mol. The summed E-state index contributed by atoms with van der Waals surface area (Å²) in [4.78, 5) is 22.7. The Hall–Kier alpha value is -3.60. The van der Waals surface area contributed by atoms with E-state index in [-0.39, 0.29) is 23.6 Å². The summed E-state index contributed by atoms with van der Waals surface area (Å²) >= 11 is 1.14. The predicted octanol–water partition coefficient (Wildman–Crippen LogP) is 3.90. The number of nitrogen functional groups attached to an aromatic ring is 1. The monoisotopic (exact) mass is 470 g/mol. The van der Waals surface area contributed by atoms with E-state index in [4.69, 9.17) is 10.6 Å².